The number of para-hydroxylation sites is 1. The summed E-state index contributed by atoms with van der Waals surface area (Å²) in [4.78, 5) is 18.7. The number of amides is 1. The second kappa shape index (κ2) is 4.53. The molecule has 4 heteroatoms. The first-order valence-corrected chi connectivity index (χ1v) is 6.56. The molecule has 0 N–H and O–H groups in total. The van der Waals surface area contributed by atoms with Crippen LogP contribution in [0.4, 0.5) is 5.69 Å². The highest BCUT2D eigenvalue weighted by Crippen LogP contribution is 2.31. The molecule has 0 fully saturated rings. The van der Waals surface area contributed by atoms with Gasteiger partial charge in [-0.25, -0.2) is 4.98 Å². The van der Waals surface area contributed by atoms with Crippen LogP contribution in [0.1, 0.15) is 29.4 Å². The van der Waals surface area contributed by atoms with Crippen LogP contribution in [0.2, 0.25) is 0 Å². The fourth-order valence-electron chi connectivity index (χ4n) is 2.68. The highest BCUT2D eigenvalue weighted by atomic mass is 16.2. The molecule has 2 aromatic rings. The molecule has 98 valence electrons. The summed E-state index contributed by atoms with van der Waals surface area (Å²) in [6.45, 7) is 2.10. The average Bonchev–Trinajstić information content (AvgIpc) is 2.84. The Labute approximate surface area is 112 Å². The van der Waals surface area contributed by atoms with E-state index in [0.717, 1.165) is 18.5 Å². The van der Waals surface area contributed by atoms with Gasteiger partial charge in [0.1, 0.15) is 5.69 Å². The summed E-state index contributed by atoms with van der Waals surface area (Å²) >= 11 is 0. The SMILES string of the molecule is CC1CCc2ccccc2N1C(=O)c1cncn1C. The van der Waals surface area contributed by atoms with E-state index >= 15 is 0 Å². The molecule has 1 unspecified atom stereocenters. The first kappa shape index (κ1) is 12.0. The van der Waals surface area contributed by atoms with Crippen molar-refractivity contribution in [2.24, 2.45) is 7.05 Å². The van der Waals surface area contributed by atoms with Gasteiger partial charge in [0.2, 0.25) is 0 Å². The van der Waals surface area contributed by atoms with Crippen molar-refractivity contribution in [3.8, 4) is 0 Å². The van der Waals surface area contributed by atoms with Crippen LogP contribution in [-0.2, 0) is 13.5 Å². The molecule has 2 heterocycles. The first-order chi connectivity index (χ1) is 9.18. The number of fused-ring (bicyclic) bond motifs is 1. The maximum atomic E-state index is 12.7. The molecule has 0 spiro atoms. The predicted octanol–water partition coefficient (Wildman–Crippen LogP) is 2.40. The van der Waals surface area contributed by atoms with Crippen molar-refractivity contribution in [2.75, 3.05) is 4.90 Å². The van der Waals surface area contributed by atoms with Crippen molar-refractivity contribution >= 4 is 11.6 Å². The minimum Gasteiger partial charge on any atom is -0.330 e. The molecule has 1 aliphatic heterocycles. The van der Waals surface area contributed by atoms with E-state index in [9.17, 15) is 4.79 Å². The number of anilines is 1. The molecular formula is C15H17N3O. The third-order valence-electron chi connectivity index (χ3n) is 3.78. The Balaban J connectivity index is 2.05. The summed E-state index contributed by atoms with van der Waals surface area (Å²) in [5.41, 5.74) is 2.91. The van der Waals surface area contributed by atoms with Crippen molar-refractivity contribution in [1.82, 2.24) is 9.55 Å². The Morgan fingerprint density at radius 1 is 1.37 bits per heavy atom. The Morgan fingerprint density at radius 2 is 2.16 bits per heavy atom. The van der Waals surface area contributed by atoms with Gasteiger partial charge < -0.3 is 9.47 Å². The molecule has 0 saturated carbocycles. The van der Waals surface area contributed by atoms with Crippen LogP contribution in [0, 0.1) is 0 Å². The topological polar surface area (TPSA) is 38.1 Å². The second-order valence-corrected chi connectivity index (χ2v) is 5.08. The van der Waals surface area contributed by atoms with Gasteiger partial charge in [0.05, 0.1) is 12.5 Å². The lowest BCUT2D eigenvalue weighted by molar-refractivity contribution is 0.0967. The standard InChI is InChI=1S/C15H17N3O/c1-11-7-8-12-5-3-4-6-13(12)18(11)15(19)14-9-16-10-17(14)2/h3-6,9-11H,7-8H2,1-2H3. The highest BCUT2D eigenvalue weighted by Gasteiger charge is 2.29. The Kier molecular flexibility index (Phi) is 2.85. The molecule has 0 aliphatic carbocycles. The van der Waals surface area contributed by atoms with Crippen LogP contribution in [0.25, 0.3) is 0 Å². The molecule has 0 radical (unpaired) electrons. The average molecular weight is 255 g/mol. The summed E-state index contributed by atoms with van der Waals surface area (Å²) in [6, 6.07) is 8.36. The smallest absolute Gasteiger partial charge is 0.276 e. The van der Waals surface area contributed by atoms with Crippen LogP contribution in [-0.4, -0.2) is 21.5 Å². The van der Waals surface area contributed by atoms with Crippen molar-refractivity contribution < 1.29 is 4.79 Å². The van der Waals surface area contributed by atoms with Crippen LogP contribution >= 0.6 is 0 Å². The quantitative estimate of drug-likeness (QED) is 0.784. The first-order valence-electron chi connectivity index (χ1n) is 6.56. The third-order valence-corrected chi connectivity index (χ3v) is 3.78. The number of hydrogen-bond acceptors (Lipinski definition) is 2. The fourth-order valence-corrected chi connectivity index (χ4v) is 2.68. The van der Waals surface area contributed by atoms with Gasteiger partial charge in [-0.3, -0.25) is 4.79 Å². The highest BCUT2D eigenvalue weighted by molar-refractivity contribution is 6.06. The van der Waals surface area contributed by atoms with Crippen LogP contribution in [0.15, 0.2) is 36.8 Å². The number of rotatable bonds is 1. The van der Waals surface area contributed by atoms with E-state index in [0.29, 0.717) is 5.69 Å². The fraction of sp³-hybridized carbons (Fsp3) is 0.333. The monoisotopic (exact) mass is 255 g/mol. The molecule has 1 aromatic heterocycles. The van der Waals surface area contributed by atoms with E-state index < -0.39 is 0 Å². The third kappa shape index (κ3) is 1.93. The van der Waals surface area contributed by atoms with Crippen molar-refractivity contribution in [1.29, 1.82) is 0 Å². The van der Waals surface area contributed by atoms with E-state index in [1.807, 2.05) is 30.1 Å². The summed E-state index contributed by atoms with van der Waals surface area (Å²) in [6.07, 6.45) is 5.33. The van der Waals surface area contributed by atoms with Gasteiger partial charge in [-0.2, -0.15) is 0 Å². The largest absolute Gasteiger partial charge is 0.330 e. The molecular weight excluding hydrogens is 238 g/mol. The second-order valence-electron chi connectivity index (χ2n) is 5.08. The van der Waals surface area contributed by atoms with Gasteiger partial charge in [-0.1, -0.05) is 18.2 Å². The maximum Gasteiger partial charge on any atom is 0.276 e. The molecule has 3 rings (SSSR count). The van der Waals surface area contributed by atoms with Crippen molar-refractivity contribution in [3.63, 3.8) is 0 Å². The zero-order chi connectivity index (χ0) is 13.4. The molecule has 0 bridgehead atoms. The Hall–Kier alpha value is -2.10. The maximum absolute atomic E-state index is 12.7. The summed E-state index contributed by atoms with van der Waals surface area (Å²) in [5.74, 6) is 0.0275. The minimum atomic E-state index is 0.0275. The number of imidazole rings is 1. The lowest BCUT2D eigenvalue weighted by Gasteiger charge is -2.35. The molecule has 19 heavy (non-hydrogen) atoms. The number of nitrogens with zero attached hydrogens (tertiary/aromatic N) is 3. The normalized spacial score (nSPS) is 18.2. The number of aryl methyl sites for hydroxylation is 2. The summed E-state index contributed by atoms with van der Waals surface area (Å²) in [5, 5.41) is 0. The molecule has 0 saturated heterocycles. The molecule has 1 aromatic carbocycles. The molecule has 1 amide bonds. The molecule has 1 atom stereocenters. The van der Waals surface area contributed by atoms with Crippen LogP contribution in [0.5, 0.6) is 0 Å². The number of hydrogen-bond donors (Lipinski definition) is 0. The molecule has 1 aliphatic rings. The van der Waals surface area contributed by atoms with Crippen LogP contribution in [0.3, 0.4) is 0 Å². The number of carbonyl (C=O) groups excluding carboxylic acids is 1. The number of carbonyl (C=O) groups is 1. The number of aromatic nitrogens is 2. The van der Waals surface area contributed by atoms with E-state index in [1.165, 1.54) is 5.56 Å². The Morgan fingerprint density at radius 3 is 2.89 bits per heavy atom. The van der Waals surface area contributed by atoms with Gasteiger partial charge in [-0.15, -0.1) is 0 Å². The minimum absolute atomic E-state index is 0.0275. The van der Waals surface area contributed by atoms with Crippen molar-refractivity contribution in [3.05, 3.63) is 48.0 Å². The lowest BCUT2D eigenvalue weighted by Crippen LogP contribution is -2.42. The zero-order valence-corrected chi connectivity index (χ0v) is 11.2. The Bertz CT molecular complexity index is 617. The van der Waals surface area contributed by atoms with E-state index in [1.54, 1.807) is 17.1 Å². The van der Waals surface area contributed by atoms with Gasteiger partial charge in [-0.05, 0) is 31.4 Å². The van der Waals surface area contributed by atoms with Gasteiger partial charge in [0.15, 0.2) is 0 Å². The van der Waals surface area contributed by atoms with Crippen LogP contribution < -0.4 is 4.90 Å². The van der Waals surface area contributed by atoms with Gasteiger partial charge in [0.25, 0.3) is 5.91 Å². The van der Waals surface area contributed by atoms with E-state index in [-0.39, 0.29) is 11.9 Å². The van der Waals surface area contributed by atoms with Gasteiger partial charge in [0, 0.05) is 18.8 Å². The number of benzene rings is 1. The van der Waals surface area contributed by atoms with Gasteiger partial charge >= 0.3 is 0 Å². The van der Waals surface area contributed by atoms with E-state index in [2.05, 4.69) is 18.0 Å². The summed E-state index contributed by atoms with van der Waals surface area (Å²) < 4.78 is 1.77. The zero-order valence-electron chi connectivity index (χ0n) is 11.2. The predicted molar refractivity (Wildman–Crippen MR) is 74.2 cm³/mol. The molecule has 4 nitrogen and oxygen atoms in total. The lowest BCUT2D eigenvalue weighted by atomic mass is 9.96. The van der Waals surface area contributed by atoms with E-state index in [4.69, 9.17) is 0 Å². The summed E-state index contributed by atoms with van der Waals surface area (Å²) in [7, 11) is 1.85. The van der Waals surface area contributed by atoms with Crippen molar-refractivity contribution in [2.45, 2.75) is 25.8 Å².